The van der Waals surface area contributed by atoms with Crippen molar-refractivity contribution in [3.8, 4) is 0 Å². The Kier molecular flexibility index (Phi) is 16.4. The van der Waals surface area contributed by atoms with Gasteiger partial charge in [-0.25, -0.2) is 0 Å². The summed E-state index contributed by atoms with van der Waals surface area (Å²) in [5.41, 5.74) is 5.00. The Hall–Kier alpha value is 0.00636. The number of nitrogens with two attached hydrogens (primary N) is 1. The van der Waals surface area contributed by atoms with Gasteiger partial charge in [0, 0.05) is 12.4 Å². The SMILES string of the molecule is CC(=O)[O-].NC(CCC(=O)O)C(=O)O.[K+]. The van der Waals surface area contributed by atoms with Crippen molar-refractivity contribution >= 4 is 17.9 Å². The van der Waals surface area contributed by atoms with E-state index in [4.69, 9.17) is 25.8 Å². The summed E-state index contributed by atoms with van der Waals surface area (Å²) in [7, 11) is 0. The van der Waals surface area contributed by atoms with Gasteiger partial charge in [-0.1, -0.05) is 0 Å². The summed E-state index contributed by atoms with van der Waals surface area (Å²) >= 11 is 0. The van der Waals surface area contributed by atoms with Crippen LogP contribution in [0.15, 0.2) is 0 Å². The summed E-state index contributed by atoms with van der Waals surface area (Å²) in [5.74, 6) is -3.28. The monoisotopic (exact) mass is 245 g/mol. The van der Waals surface area contributed by atoms with Gasteiger partial charge in [0.25, 0.3) is 0 Å². The van der Waals surface area contributed by atoms with Crippen LogP contribution in [0.1, 0.15) is 19.8 Å². The molecule has 0 rings (SSSR count). The Bertz CT molecular complexity index is 216. The Labute approximate surface area is 129 Å². The van der Waals surface area contributed by atoms with Crippen molar-refractivity contribution in [3.05, 3.63) is 0 Å². The predicted octanol–water partition coefficient (Wildman–Crippen LogP) is -4.98. The minimum Gasteiger partial charge on any atom is -0.550 e. The molecule has 0 aliphatic rings. The van der Waals surface area contributed by atoms with Crippen molar-refractivity contribution in [2.45, 2.75) is 25.8 Å². The molecule has 0 fully saturated rings. The normalized spacial score (nSPS) is 10.0. The molecule has 0 saturated carbocycles. The smallest absolute Gasteiger partial charge is 0.550 e. The van der Waals surface area contributed by atoms with Gasteiger partial charge in [-0.2, -0.15) is 0 Å². The van der Waals surface area contributed by atoms with Gasteiger partial charge in [0.1, 0.15) is 6.04 Å². The fourth-order valence-corrected chi connectivity index (χ4v) is 0.402. The molecule has 8 heteroatoms. The zero-order chi connectivity index (χ0) is 11.7. The second-order valence-corrected chi connectivity index (χ2v) is 2.37. The zero-order valence-corrected chi connectivity index (χ0v) is 11.7. The molecular formula is C7H12KNO6. The van der Waals surface area contributed by atoms with Crippen LogP contribution in [0.2, 0.25) is 0 Å². The quantitative estimate of drug-likeness (QED) is 0.421. The molecule has 15 heavy (non-hydrogen) atoms. The third kappa shape index (κ3) is 24.9. The van der Waals surface area contributed by atoms with Crippen molar-refractivity contribution in [3.63, 3.8) is 0 Å². The fraction of sp³-hybridized carbons (Fsp3) is 0.571. The summed E-state index contributed by atoms with van der Waals surface area (Å²) in [6, 6.07) is -1.06. The van der Waals surface area contributed by atoms with Crippen LogP contribution < -0.4 is 62.2 Å². The number of rotatable bonds is 4. The number of carboxylic acids is 3. The van der Waals surface area contributed by atoms with E-state index in [2.05, 4.69) is 0 Å². The van der Waals surface area contributed by atoms with Gasteiger partial charge < -0.3 is 25.8 Å². The first-order valence-electron chi connectivity index (χ1n) is 3.65. The third-order valence-electron chi connectivity index (χ3n) is 0.986. The van der Waals surface area contributed by atoms with Crippen LogP contribution >= 0.6 is 0 Å². The van der Waals surface area contributed by atoms with E-state index in [0.29, 0.717) is 0 Å². The van der Waals surface area contributed by atoms with Crippen molar-refractivity contribution < 1.29 is 81.1 Å². The Morgan fingerprint density at radius 3 is 1.87 bits per heavy atom. The van der Waals surface area contributed by atoms with Crippen molar-refractivity contribution in [2.24, 2.45) is 5.73 Å². The van der Waals surface area contributed by atoms with Gasteiger partial charge in [0.2, 0.25) is 0 Å². The molecule has 0 heterocycles. The topological polar surface area (TPSA) is 141 Å². The van der Waals surface area contributed by atoms with E-state index >= 15 is 0 Å². The van der Waals surface area contributed by atoms with Crippen molar-refractivity contribution in [1.82, 2.24) is 0 Å². The van der Waals surface area contributed by atoms with Crippen LogP contribution in [0.25, 0.3) is 0 Å². The second-order valence-electron chi connectivity index (χ2n) is 2.37. The van der Waals surface area contributed by atoms with E-state index in [1.807, 2.05) is 0 Å². The van der Waals surface area contributed by atoms with E-state index in [1.165, 1.54) is 0 Å². The minimum atomic E-state index is -1.17. The van der Waals surface area contributed by atoms with E-state index in [-0.39, 0.29) is 64.2 Å². The second kappa shape index (κ2) is 12.1. The summed E-state index contributed by atoms with van der Waals surface area (Å²) < 4.78 is 0. The number of aliphatic carboxylic acids is 3. The number of hydrogen-bond donors (Lipinski definition) is 3. The molecule has 0 aliphatic carbocycles. The van der Waals surface area contributed by atoms with Gasteiger partial charge in [0.05, 0.1) is 0 Å². The molecular weight excluding hydrogens is 233 g/mol. The zero-order valence-electron chi connectivity index (χ0n) is 8.60. The molecule has 0 aromatic rings. The van der Waals surface area contributed by atoms with Crippen LogP contribution in [0.4, 0.5) is 0 Å². The van der Waals surface area contributed by atoms with Crippen LogP contribution in [-0.4, -0.2) is 34.2 Å². The largest absolute Gasteiger partial charge is 1.00 e. The molecule has 0 aromatic heterocycles. The third-order valence-corrected chi connectivity index (χ3v) is 0.986. The summed E-state index contributed by atoms with van der Waals surface area (Å²) in [5, 5.41) is 25.2. The molecule has 7 nitrogen and oxygen atoms in total. The molecule has 4 N–H and O–H groups in total. The molecule has 0 aliphatic heterocycles. The first-order valence-corrected chi connectivity index (χ1v) is 3.65. The first-order chi connectivity index (χ1) is 6.27. The van der Waals surface area contributed by atoms with Crippen LogP contribution in [-0.2, 0) is 14.4 Å². The summed E-state index contributed by atoms with van der Waals surface area (Å²) in [4.78, 5) is 28.8. The Morgan fingerprint density at radius 2 is 1.67 bits per heavy atom. The Balaban J connectivity index is -0.000000249. The van der Waals surface area contributed by atoms with Crippen LogP contribution in [0.3, 0.4) is 0 Å². The molecule has 0 aromatic carbocycles. The molecule has 0 spiro atoms. The molecule has 1 unspecified atom stereocenters. The van der Waals surface area contributed by atoms with Gasteiger partial charge in [-0.15, -0.1) is 0 Å². The molecule has 0 amide bonds. The Morgan fingerprint density at radius 1 is 1.33 bits per heavy atom. The van der Waals surface area contributed by atoms with E-state index in [0.717, 1.165) is 6.92 Å². The maximum Gasteiger partial charge on any atom is 1.00 e. The van der Waals surface area contributed by atoms with Crippen LogP contribution in [0.5, 0.6) is 0 Å². The molecule has 82 valence electrons. The molecule has 0 radical (unpaired) electrons. The average molecular weight is 245 g/mol. The van der Waals surface area contributed by atoms with Crippen LogP contribution in [0, 0.1) is 0 Å². The van der Waals surface area contributed by atoms with E-state index in [1.54, 1.807) is 0 Å². The molecule has 1 atom stereocenters. The molecule has 0 bridgehead atoms. The van der Waals surface area contributed by atoms with E-state index < -0.39 is 23.9 Å². The fourth-order valence-electron chi connectivity index (χ4n) is 0.402. The minimum absolute atomic E-state index is 0. The standard InChI is InChI=1S/C5H9NO4.C2H4O2.K/c6-3(5(9)10)1-2-4(7)8;1-2(3)4;/h3H,1-2,6H2,(H,7,8)(H,9,10);1H3,(H,3,4);/q;;+1/p-1. The number of carboxylic acid groups (broad SMARTS) is 3. The summed E-state index contributed by atoms with van der Waals surface area (Å²) in [6.45, 7) is 0.972. The van der Waals surface area contributed by atoms with Crippen molar-refractivity contribution in [2.75, 3.05) is 0 Å². The van der Waals surface area contributed by atoms with Gasteiger partial charge >= 0.3 is 63.3 Å². The first kappa shape index (κ1) is 20.4. The number of carbonyl (C=O) groups excluding carboxylic acids is 1. The maximum atomic E-state index is 9.99. The maximum absolute atomic E-state index is 9.99. The van der Waals surface area contributed by atoms with E-state index in [9.17, 15) is 9.59 Å². The van der Waals surface area contributed by atoms with Gasteiger partial charge in [0.15, 0.2) is 0 Å². The predicted molar refractivity (Wildman–Crippen MR) is 43.2 cm³/mol. The molecule has 0 saturated heterocycles. The van der Waals surface area contributed by atoms with Gasteiger partial charge in [-0.3, -0.25) is 9.59 Å². The number of carbonyl (C=O) groups is 3. The van der Waals surface area contributed by atoms with Gasteiger partial charge in [-0.05, 0) is 13.3 Å². The summed E-state index contributed by atoms with van der Waals surface area (Å²) in [6.07, 6.45) is -0.224. The average Bonchev–Trinajstić information content (AvgIpc) is 1.98. The van der Waals surface area contributed by atoms with Crippen molar-refractivity contribution in [1.29, 1.82) is 0 Å². The number of hydrogen-bond acceptors (Lipinski definition) is 5.